The van der Waals surface area contributed by atoms with Gasteiger partial charge in [-0.1, -0.05) is 27.7 Å². The lowest BCUT2D eigenvalue weighted by atomic mass is 9.87. The van der Waals surface area contributed by atoms with Crippen molar-refractivity contribution in [3.05, 3.63) is 18.2 Å². The van der Waals surface area contributed by atoms with E-state index in [1.807, 2.05) is 13.2 Å². The molecule has 1 atom stereocenters. The molecule has 1 N–H and O–H groups in total. The van der Waals surface area contributed by atoms with E-state index in [0.717, 1.165) is 13.0 Å². The van der Waals surface area contributed by atoms with Gasteiger partial charge in [-0.3, -0.25) is 0 Å². The first-order valence-corrected chi connectivity index (χ1v) is 5.66. The molecule has 0 fully saturated rings. The van der Waals surface area contributed by atoms with Gasteiger partial charge in [0.1, 0.15) is 5.82 Å². The first-order valence-electron chi connectivity index (χ1n) is 5.66. The van der Waals surface area contributed by atoms with E-state index in [4.69, 9.17) is 0 Å². The van der Waals surface area contributed by atoms with E-state index >= 15 is 0 Å². The smallest absolute Gasteiger partial charge is 0.108 e. The van der Waals surface area contributed by atoms with E-state index in [2.05, 4.69) is 48.8 Å². The summed E-state index contributed by atoms with van der Waals surface area (Å²) in [6, 6.07) is 0.469. The average molecular weight is 209 g/mol. The third-order valence-corrected chi connectivity index (χ3v) is 2.89. The SMILES string of the molecule is CCc1nccn1CC(NC)C(C)(C)C. The standard InChI is InChI=1S/C12H23N3/c1-6-11-14-7-8-15(11)9-10(13-5)12(2,3)4/h7-8,10,13H,6,9H2,1-5H3. The zero-order chi connectivity index (χ0) is 11.5. The van der Waals surface area contributed by atoms with Crippen LogP contribution in [0, 0.1) is 5.41 Å². The van der Waals surface area contributed by atoms with Crippen LogP contribution in [0.1, 0.15) is 33.5 Å². The van der Waals surface area contributed by atoms with Gasteiger partial charge in [-0.15, -0.1) is 0 Å². The third kappa shape index (κ3) is 3.06. The van der Waals surface area contributed by atoms with Gasteiger partial charge in [0.05, 0.1) is 0 Å². The summed E-state index contributed by atoms with van der Waals surface area (Å²) < 4.78 is 2.24. The van der Waals surface area contributed by atoms with E-state index < -0.39 is 0 Å². The second kappa shape index (κ2) is 4.79. The van der Waals surface area contributed by atoms with Crippen molar-refractivity contribution in [3.63, 3.8) is 0 Å². The fourth-order valence-corrected chi connectivity index (χ4v) is 1.82. The van der Waals surface area contributed by atoms with Gasteiger partial charge < -0.3 is 9.88 Å². The first-order chi connectivity index (χ1) is 6.99. The van der Waals surface area contributed by atoms with Crippen LogP contribution in [0.2, 0.25) is 0 Å². The van der Waals surface area contributed by atoms with E-state index in [9.17, 15) is 0 Å². The Hall–Kier alpha value is -0.830. The molecule has 0 saturated carbocycles. The van der Waals surface area contributed by atoms with Gasteiger partial charge >= 0.3 is 0 Å². The van der Waals surface area contributed by atoms with Gasteiger partial charge in [-0.05, 0) is 12.5 Å². The number of aryl methyl sites for hydroxylation is 1. The van der Waals surface area contributed by atoms with Crippen molar-refractivity contribution in [1.82, 2.24) is 14.9 Å². The fourth-order valence-electron chi connectivity index (χ4n) is 1.82. The molecule has 0 aromatic carbocycles. The van der Waals surface area contributed by atoms with Crippen molar-refractivity contribution in [2.45, 2.75) is 46.7 Å². The molecule has 0 spiro atoms. The number of aromatic nitrogens is 2. The lowest BCUT2D eigenvalue weighted by molar-refractivity contribution is 0.252. The third-order valence-electron chi connectivity index (χ3n) is 2.89. The van der Waals surface area contributed by atoms with Crippen LogP contribution in [0.25, 0.3) is 0 Å². The molecule has 1 aromatic rings. The molecule has 1 heterocycles. The summed E-state index contributed by atoms with van der Waals surface area (Å²) in [5, 5.41) is 3.38. The Labute approximate surface area is 92.9 Å². The second-order valence-corrected chi connectivity index (χ2v) is 5.06. The first kappa shape index (κ1) is 12.2. The Morgan fingerprint density at radius 3 is 2.60 bits per heavy atom. The molecule has 0 amide bonds. The number of imidazole rings is 1. The summed E-state index contributed by atoms with van der Waals surface area (Å²) in [5.74, 6) is 1.17. The minimum atomic E-state index is 0.268. The Morgan fingerprint density at radius 2 is 2.13 bits per heavy atom. The molecule has 3 heteroatoms. The maximum atomic E-state index is 4.34. The molecular formula is C12H23N3. The largest absolute Gasteiger partial charge is 0.333 e. The van der Waals surface area contributed by atoms with Crippen molar-refractivity contribution >= 4 is 0 Å². The van der Waals surface area contributed by atoms with Crippen LogP contribution in [0.4, 0.5) is 0 Å². The number of nitrogens with zero attached hydrogens (tertiary/aromatic N) is 2. The summed E-state index contributed by atoms with van der Waals surface area (Å²) >= 11 is 0. The van der Waals surface area contributed by atoms with E-state index in [1.165, 1.54) is 5.82 Å². The number of hydrogen-bond acceptors (Lipinski definition) is 2. The maximum absolute atomic E-state index is 4.34. The van der Waals surface area contributed by atoms with E-state index in [1.54, 1.807) is 0 Å². The number of likely N-dealkylation sites (N-methyl/N-ethyl adjacent to an activating group) is 1. The normalized spacial score (nSPS) is 14.2. The Morgan fingerprint density at radius 1 is 1.47 bits per heavy atom. The lowest BCUT2D eigenvalue weighted by Gasteiger charge is -2.31. The molecule has 0 saturated heterocycles. The Bertz CT molecular complexity index is 296. The summed E-state index contributed by atoms with van der Waals surface area (Å²) in [4.78, 5) is 4.34. The number of rotatable bonds is 4. The number of nitrogens with one attached hydrogen (secondary N) is 1. The van der Waals surface area contributed by atoms with Crippen LogP contribution in [-0.2, 0) is 13.0 Å². The monoisotopic (exact) mass is 209 g/mol. The van der Waals surface area contributed by atoms with Crippen molar-refractivity contribution in [1.29, 1.82) is 0 Å². The molecule has 0 aliphatic carbocycles. The van der Waals surface area contributed by atoms with Gasteiger partial charge in [-0.25, -0.2) is 4.98 Å². The van der Waals surface area contributed by atoms with Gasteiger partial charge in [0, 0.05) is 31.4 Å². The maximum Gasteiger partial charge on any atom is 0.108 e. The molecular weight excluding hydrogens is 186 g/mol. The molecule has 0 radical (unpaired) electrons. The van der Waals surface area contributed by atoms with Crippen LogP contribution in [0.5, 0.6) is 0 Å². The molecule has 0 aliphatic rings. The van der Waals surface area contributed by atoms with E-state index in [0.29, 0.717) is 6.04 Å². The van der Waals surface area contributed by atoms with Gasteiger partial charge in [0.15, 0.2) is 0 Å². The predicted octanol–water partition coefficient (Wildman–Crippen LogP) is 2.08. The predicted molar refractivity (Wildman–Crippen MR) is 63.9 cm³/mol. The van der Waals surface area contributed by atoms with Crippen molar-refractivity contribution in [2.75, 3.05) is 7.05 Å². The second-order valence-electron chi connectivity index (χ2n) is 5.06. The summed E-state index contributed by atoms with van der Waals surface area (Å²) in [7, 11) is 2.03. The highest BCUT2D eigenvalue weighted by molar-refractivity contribution is 4.94. The van der Waals surface area contributed by atoms with Gasteiger partial charge in [-0.2, -0.15) is 0 Å². The zero-order valence-corrected chi connectivity index (χ0v) is 10.5. The topological polar surface area (TPSA) is 29.9 Å². The molecule has 86 valence electrons. The van der Waals surface area contributed by atoms with Gasteiger partial charge in [0.2, 0.25) is 0 Å². The van der Waals surface area contributed by atoms with Crippen molar-refractivity contribution in [3.8, 4) is 0 Å². The Balaban J connectivity index is 2.75. The summed E-state index contributed by atoms with van der Waals surface area (Å²) in [6.45, 7) is 9.91. The Kier molecular flexibility index (Phi) is 3.91. The molecule has 1 rings (SSSR count). The highest BCUT2D eigenvalue weighted by Gasteiger charge is 2.23. The molecule has 0 bridgehead atoms. The van der Waals surface area contributed by atoms with Crippen LogP contribution < -0.4 is 5.32 Å². The van der Waals surface area contributed by atoms with Crippen LogP contribution >= 0.6 is 0 Å². The number of hydrogen-bond donors (Lipinski definition) is 1. The lowest BCUT2D eigenvalue weighted by Crippen LogP contribution is -2.41. The molecule has 15 heavy (non-hydrogen) atoms. The molecule has 0 aliphatic heterocycles. The molecule has 1 aromatic heterocycles. The minimum absolute atomic E-state index is 0.268. The van der Waals surface area contributed by atoms with Crippen molar-refractivity contribution < 1.29 is 0 Å². The van der Waals surface area contributed by atoms with E-state index in [-0.39, 0.29) is 5.41 Å². The minimum Gasteiger partial charge on any atom is -0.333 e. The van der Waals surface area contributed by atoms with Crippen LogP contribution in [0.3, 0.4) is 0 Å². The zero-order valence-electron chi connectivity index (χ0n) is 10.5. The highest BCUT2D eigenvalue weighted by Crippen LogP contribution is 2.20. The fraction of sp³-hybridized carbons (Fsp3) is 0.750. The van der Waals surface area contributed by atoms with Crippen LogP contribution in [-0.4, -0.2) is 22.6 Å². The molecule has 1 unspecified atom stereocenters. The summed E-state index contributed by atoms with van der Waals surface area (Å²) in [5.41, 5.74) is 0.268. The molecule has 3 nitrogen and oxygen atoms in total. The quantitative estimate of drug-likeness (QED) is 0.823. The van der Waals surface area contributed by atoms with Crippen molar-refractivity contribution in [2.24, 2.45) is 5.41 Å². The average Bonchev–Trinajstić information content (AvgIpc) is 2.59. The highest BCUT2D eigenvalue weighted by atomic mass is 15.1. The van der Waals surface area contributed by atoms with Crippen LogP contribution in [0.15, 0.2) is 12.4 Å². The van der Waals surface area contributed by atoms with Gasteiger partial charge in [0.25, 0.3) is 0 Å². The summed E-state index contributed by atoms with van der Waals surface area (Å²) in [6.07, 6.45) is 4.94.